The van der Waals surface area contributed by atoms with Crippen molar-refractivity contribution in [3.8, 4) is 0 Å². The molecule has 0 spiro atoms. The van der Waals surface area contributed by atoms with E-state index in [0.29, 0.717) is 6.04 Å². The molecule has 1 rings (SSSR count). The molecule has 0 amide bonds. The zero-order valence-electron chi connectivity index (χ0n) is 11.7. The Balaban J connectivity index is 2.34. The molecule has 0 aromatic heterocycles. The Morgan fingerprint density at radius 2 is 2.06 bits per heavy atom. The summed E-state index contributed by atoms with van der Waals surface area (Å²) in [6.45, 7) is 11.2. The Morgan fingerprint density at radius 1 is 1.28 bits per heavy atom. The fourth-order valence-electron chi connectivity index (χ4n) is 2.08. The number of benzene rings is 1. The standard InChI is InChI=1S/C15H25BrN2/c1-4-10-18(5-2)11-9-17-13(3)14-7-6-8-15(16)12-14/h6-8,12-13,17H,4-5,9-11H2,1-3H3. The van der Waals surface area contributed by atoms with Crippen LogP contribution in [-0.2, 0) is 0 Å². The van der Waals surface area contributed by atoms with E-state index in [1.807, 2.05) is 0 Å². The third kappa shape index (κ3) is 5.51. The summed E-state index contributed by atoms with van der Waals surface area (Å²) in [5.41, 5.74) is 1.34. The predicted octanol–water partition coefficient (Wildman–Crippen LogP) is 3.83. The SMILES string of the molecule is CCCN(CC)CCNC(C)c1cccc(Br)c1. The van der Waals surface area contributed by atoms with E-state index in [2.05, 4.69) is 71.2 Å². The van der Waals surface area contributed by atoms with E-state index < -0.39 is 0 Å². The van der Waals surface area contributed by atoms with E-state index in [4.69, 9.17) is 0 Å². The van der Waals surface area contributed by atoms with Crippen LogP contribution < -0.4 is 5.32 Å². The monoisotopic (exact) mass is 312 g/mol. The highest BCUT2D eigenvalue weighted by Gasteiger charge is 2.06. The van der Waals surface area contributed by atoms with Crippen LogP contribution in [0.2, 0.25) is 0 Å². The zero-order valence-corrected chi connectivity index (χ0v) is 13.3. The quantitative estimate of drug-likeness (QED) is 0.784. The van der Waals surface area contributed by atoms with Gasteiger partial charge < -0.3 is 10.2 Å². The lowest BCUT2D eigenvalue weighted by atomic mass is 10.1. The maximum Gasteiger partial charge on any atom is 0.0292 e. The topological polar surface area (TPSA) is 15.3 Å². The first kappa shape index (κ1) is 15.7. The molecule has 0 saturated heterocycles. The largest absolute Gasteiger partial charge is 0.309 e. The molecule has 0 aliphatic carbocycles. The van der Waals surface area contributed by atoms with Gasteiger partial charge in [0.15, 0.2) is 0 Å². The minimum Gasteiger partial charge on any atom is -0.309 e. The van der Waals surface area contributed by atoms with Crippen LogP contribution in [0.25, 0.3) is 0 Å². The molecule has 1 atom stereocenters. The molecule has 0 saturated carbocycles. The normalized spacial score (nSPS) is 12.9. The summed E-state index contributed by atoms with van der Waals surface area (Å²) in [6.07, 6.45) is 1.23. The van der Waals surface area contributed by atoms with Gasteiger partial charge >= 0.3 is 0 Å². The molecule has 3 heteroatoms. The van der Waals surface area contributed by atoms with Crippen LogP contribution in [-0.4, -0.2) is 31.1 Å². The molecule has 1 aromatic carbocycles. The molecule has 0 fully saturated rings. The van der Waals surface area contributed by atoms with Gasteiger partial charge in [-0.25, -0.2) is 0 Å². The van der Waals surface area contributed by atoms with Crippen molar-refractivity contribution >= 4 is 15.9 Å². The Morgan fingerprint density at radius 3 is 2.67 bits per heavy atom. The number of likely N-dealkylation sites (N-methyl/N-ethyl adjacent to an activating group) is 1. The van der Waals surface area contributed by atoms with Crippen LogP contribution in [0.5, 0.6) is 0 Å². The van der Waals surface area contributed by atoms with E-state index in [1.54, 1.807) is 0 Å². The molecule has 0 aliphatic rings. The van der Waals surface area contributed by atoms with Crippen molar-refractivity contribution in [3.63, 3.8) is 0 Å². The van der Waals surface area contributed by atoms with E-state index in [9.17, 15) is 0 Å². The predicted molar refractivity (Wildman–Crippen MR) is 83.0 cm³/mol. The first-order valence-corrected chi connectivity index (χ1v) is 7.67. The molecule has 2 nitrogen and oxygen atoms in total. The van der Waals surface area contributed by atoms with Crippen molar-refractivity contribution in [2.75, 3.05) is 26.2 Å². The molecule has 0 bridgehead atoms. The van der Waals surface area contributed by atoms with Gasteiger partial charge in [-0.15, -0.1) is 0 Å². The maximum atomic E-state index is 3.59. The third-order valence-corrected chi connectivity index (χ3v) is 3.71. The van der Waals surface area contributed by atoms with Crippen molar-refractivity contribution in [3.05, 3.63) is 34.3 Å². The highest BCUT2D eigenvalue weighted by Crippen LogP contribution is 2.17. The molecule has 1 aromatic rings. The second-order valence-electron chi connectivity index (χ2n) is 4.67. The summed E-state index contributed by atoms with van der Waals surface area (Å²) >= 11 is 3.52. The van der Waals surface area contributed by atoms with E-state index in [1.165, 1.54) is 18.5 Å². The van der Waals surface area contributed by atoms with Gasteiger partial charge in [0.2, 0.25) is 0 Å². The van der Waals surface area contributed by atoms with Gasteiger partial charge in [0.1, 0.15) is 0 Å². The van der Waals surface area contributed by atoms with Gasteiger partial charge in [-0.2, -0.15) is 0 Å². The van der Waals surface area contributed by atoms with Crippen molar-refractivity contribution < 1.29 is 0 Å². The molecule has 18 heavy (non-hydrogen) atoms. The number of rotatable bonds is 8. The van der Waals surface area contributed by atoms with Crippen molar-refractivity contribution in [1.82, 2.24) is 10.2 Å². The number of nitrogens with one attached hydrogen (secondary N) is 1. The number of nitrogens with zero attached hydrogens (tertiary/aromatic N) is 1. The summed E-state index contributed by atoms with van der Waals surface area (Å²) in [7, 11) is 0. The molecule has 0 aliphatic heterocycles. The number of halogens is 1. The van der Waals surface area contributed by atoms with Gasteiger partial charge in [-0.1, -0.05) is 41.9 Å². The van der Waals surface area contributed by atoms with Crippen molar-refractivity contribution in [2.45, 2.75) is 33.2 Å². The Kier molecular flexibility index (Phi) is 7.56. The lowest BCUT2D eigenvalue weighted by Gasteiger charge is -2.21. The summed E-state index contributed by atoms with van der Waals surface area (Å²) in [5.74, 6) is 0. The van der Waals surface area contributed by atoms with Gasteiger partial charge in [-0.3, -0.25) is 0 Å². The average Bonchev–Trinajstić information content (AvgIpc) is 2.37. The highest BCUT2D eigenvalue weighted by atomic mass is 79.9. The second-order valence-corrected chi connectivity index (χ2v) is 5.58. The summed E-state index contributed by atoms with van der Waals surface area (Å²) in [5, 5.41) is 3.59. The van der Waals surface area contributed by atoms with Crippen LogP contribution in [0.1, 0.15) is 38.8 Å². The Hall–Kier alpha value is -0.380. The number of hydrogen-bond acceptors (Lipinski definition) is 2. The Bertz CT molecular complexity index is 341. The fourth-order valence-corrected chi connectivity index (χ4v) is 2.49. The van der Waals surface area contributed by atoms with Crippen LogP contribution in [0, 0.1) is 0 Å². The molecule has 102 valence electrons. The van der Waals surface area contributed by atoms with Crippen LogP contribution in [0.3, 0.4) is 0 Å². The van der Waals surface area contributed by atoms with E-state index in [0.717, 1.165) is 24.1 Å². The molecule has 1 unspecified atom stereocenters. The third-order valence-electron chi connectivity index (χ3n) is 3.21. The van der Waals surface area contributed by atoms with Crippen LogP contribution >= 0.6 is 15.9 Å². The average molecular weight is 313 g/mol. The van der Waals surface area contributed by atoms with Crippen LogP contribution in [0.4, 0.5) is 0 Å². The maximum absolute atomic E-state index is 3.59. The lowest BCUT2D eigenvalue weighted by molar-refractivity contribution is 0.284. The van der Waals surface area contributed by atoms with Crippen molar-refractivity contribution in [2.24, 2.45) is 0 Å². The zero-order chi connectivity index (χ0) is 13.4. The summed E-state index contributed by atoms with van der Waals surface area (Å²) in [4.78, 5) is 2.49. The van der Waals surface area contributed by atoms with Gasteiger partial charge in [0.25, 0.3) is 0 Å². The minimum absolute atomic E-state index is 0.405. The van der Waals surface area contributed by atoms with Crippen LogP contribution in [0.15, 0.2) is 28.7 Å². The first-order chi connectivity index (χ1) is 8.67. The molecular formula is C15H25BrN2. The van der Waals surface area contributed by atoms with E-state index in [-0.39, 0.29) is 0 Å². The van der Waals surface area contributed by atoms with Gasteiger partial charge in [-0.05, 0) is 44.1 Å². The highest BCUT2D eigenvalue weighted by molar-refractivity contribution is 9.10. The minimum atomic E-state index is 0.405. The lowest BCUT2D eigenvalue weighted by Crippen LogP contribution is -2.33. The molecular weight excluding hydrogens is 288 g/mol. The number of hydrogen-bond donors (Lipinski definition) is 1. The smallest absolute Gasteiger partial charge is 0.0292 e. The Labute approximate surface area is 120 Å². The second kappa shape index (κ2) is 8.68. The van der Waals surface area contributed by atoms with Gasteiger partial charge in [0, 0.05) is 23.6 Å². The summed E-state index contributed by atoms with van der Waals surface area (Å²) < 4.78 is 1.15. The summed E-state index contributed by atoms with van der Waals surface area (Å²) in [6, 6.07) is 8.92. The first-order valence-electron chi connectivity index (χ1n) is 6.88. The molecule has 0 heterocycles. The fraction of sp³-hybridized carbons (Fsp3) is 0.600. The van der Waals surface area contributed by atoms with E-state index >= 15 is 0 Å². The molecule has 1 N–H and O–H groups in total. The van der Waals surface area contributed by atoms with Crippen molar-refractivity contribution in [1.29, 1.82) is 0 Å². The molecule has 0 radical (unpaired) electrons. The van der Waals surface area contributed by atoms with Gasteiger partial charge in [0.05, 0.1) is 0 Å².